The summed E-state index contributed by atoms with van der Waals surface area (Å²) >= 11 is 0. The van der Waals surface area contributed by atoms with E-state index in [9.17, 15) is 10.4 Å². The average Bonchev–Trinajstić information content (AvgIpc) is 3.07. The fourth-order valence-electron chi connectivity index (χ4n) is 3.44. The van der Waals surface area contributed by atoms with Crippen molar-refractivity contribution in [2.45, 2.75) is 37.8 Å². The van der Waals surface area contributed by atoms with E-state index in [1.807, 2.05) is 24.4 Å². The highest BCUT2D eigenvalue weighted by Crippen LogP contribution is 2.30. The normalized spacial score (nSPS) is 20.3. The van der Waals surface area contributed by atoms with Gasteiger partial charge in [0, 0.05) is 29.4 Å². The van der Waals surface area contributed by atoms with Gasteiger partial charge in [-0.15, -0.1) is 0 Å². The number of nitrogens with zero attached hydrogens (tertiary/aromatic N) is 3. The molecule has 0 amide bonds. The lowest BCUT2D eigenvalue weighted by molar-refractivity contribution is 0.126. The number of rotatable bonds is 3. The van der Waals surface area contributed by atoms with Crippen molar-refractivity contribution in [1.82, 2.24) is 15.0 Å². The molecule has 4 rings (SSSR count). The molecule has 1 aliphatic carbocycles. The summed E-state index contributed by atoms with van der Waals surface area (Å²) in [5, 5.41) is 23.4. The Bertz CT molecular complexity index is 934. The molecule has 0 bridgehead atoms. The number of pyridine rings is 2. The number of nitriles is 1. The van der Waals surface area contributed by atoms with Gasteiger partial charge in [0.2, 0.25) is 0 Å². The molecule has 3 aromatic rings. The number of hydrogen-bond acceptors (Lipinski definition) is 5. The van der Waals surface area contributed by atoms with Crippen LogP contribution in [0.25, 0.3) is 22.2 Å². The summed E-state index contributed by atoms with van der Waals surface area (Å²) in [5.41, 5.74) is 3.14. The van der Waals surface area contributed by atoms with Crippen molar-refractivity contribution in [2.75, 3.05) is 5.32 Å². The minimum absolute atomic E-state index is 0.189. The highest BCUT2D eigenvalue weighted by molar-refractivity contribution is 5.94. The molecule has 0 aromatic carbocycles. The zero-order valence-electron chi connectivity index (χ0n) is 13.7. The molecule has 0 radical (unpaired) electrons. The van der Waals surface area contributed by atoms with Gasteiger partial charge < -0.3 is 15.4 Å². The van der Waals surface area contributed by atoms with Crippen LogP contribution in [0.1, 0.15) is 31.4 Å². The van der Waals surface area contributed by atoms with E-state index in [0.29, 0.717) is 11.5 Å². The third-order valence-electron chi connectivity index (χ3n) is 4.75. The van der Waals surface area contributed by atoms with Crippen LogP contribution in [0.15, 0.2) is 36.7 Å². The van der Waals surface area contributed by atoms with E-state index in [2.05, 4.69) is 26.3 Å². The average molecular weight is 333 g/mol. The number of aromatic nitrogens is 3. The van der Waals surface area contributed by atoms with Crippen LogP contribution in [0.3, 0.4) is 0 Å². The summed E-state index contributed by atoms with van der Waals surface area (Å²) in [6, 6.07) is 10.1. The second-order valence-electron chi connectivity index (χ2n) is 6.49. The Morgan fingerprint density at radius 2 is 2.08 bits per heavy atom. The predicted octanol–water partition coefficient (Wildman–Crippen LogP) is 3.21. The first kappa shape index (κ1) is 15.6. The van der Waals surface area contributed by atoms with Gasteiger partial charge in [-0.05, 0) is 55.5 Å². The molecule has 0 spiro atoms. The monoisotopic (exact) mass is 333 g/mol. The standard InChI is InChI=1S/C19H19N5O/c20-10-14-8-12(17-11-22-19-16(17)2-1-7-21-19)9-18(24-14)23-13-3-5-15(25)6-4-13/h1-2,7-9,11,13,15,25H,3-6H2,(H,21,22)(H,23,24)/t13-,15-. The summed E-state index contributed by atoms with van der Waals surface area (Å²) < 4.78 is 0. The minimum Gasteiger partial charge on any atom is -0.393 e. The van der Waals surface area contributed by atoms with Gasteiger partial charge in [0.1, 0.15) is 23.2 Å². The number of aromatic amines is 1. The van der Waals surface area contributed by atoms with Crippen LogP contribution in [-0.2, 0) is 0 Å². The van der Waals surface area contributed by atoms with E-state index in [1.54, 1.807) is 12.3 Å². The molecule has 1 saturated carbocycles. The fraction of sp³-hybridized carbons (Fsp3) is 0.316. The van der Waals surface area contributed by atoms with Crippen LogP contribution < -0.4 is 5.32 Å². The second-order valence-corrected chi connectivity index (χ2v) is 6.49. The summed E-state index contributed by atoms with van der Waals surface area (Å²) in [6.45, 7) is 0. The van der Waals surface area contributed by atoms with Crippen LogP contribution in [0, 0.1) is 11.3 Å². The van der Waals surface area contributed by atoms with Crippen LogP contribution in [0.2, 0.25) is 0 Å². The molecule has 0 saturated heterocycles. The molecule has 0 unspecified atom stereocenters. The SMILES string of the molecule is N#Cc1cc(-c2c[nH]c3ncccc23)cc(N[C@H]2CC[C@H](O)CC2)n1. The number of nitrogens with one attached hydrogen (secondary N) is 2. The van der Waals surface area contributed by atoms with Crippen LogP contribution in [0.5, 0.6) is 0 Å². The van der Waals surface area contributed by atoms with E-state index in [4.69, 9.17) is 0 Å². The lowest BCUT2D eigenvalue weighted by Gasteiger charge is -2.26. The van der Waals surface area contributed by atoms with Crippen molar-refractivity contribution in [2.24, 2.45) is 0 Å². The Balaban J connectivity index is 1.68. The zero-order chi connectivity index (χ0) is 17.2. The van der Waals surface area contributed by atoms with Crippen molar-refractivity contribution in [3.8, 4) is 17.2 Å². The van der Waals surface area contributed by atoms with E-state index < -0.39 is 0 Å². The van der Waals surface area contributed by atoms with E-state index in [1.165, 1.54) is 0 Å². The van der Waals surface area contributed by atoms with Gasteiger partial charge in [0.05, 0.1) is 6.10 Å². The van der Waals surface area contributed by atoms with Crippen molar-refractivity contribution in [3.05, 3.63) is 42.4 Å². The highest BCUT2D eigenvalue weighted by Gasteiger charge is 2.20. The topological polar surface area (TPSA) is 97.6 Å². The minimum atomic E-state index is -0.189. The highest BCUT2D eigenvalue weighted by atomic mass is 16.3. The number of anilines is 1. The van der Waals surface area contributed by atoms with Gasteiger partial charge in [0.15, 0.2) is 0 Å². The molecule has 3 heterocycles. The molecule has 3 aromatic heterocycles. The molecular formula is C19H19N5O. The maximum absolute atomic E-state index is 9.65. The number of fused-ring (bicyclic) bond motifs is 1. The molecule has 3 N–H and O–H groups in total. The third kappa shape index (κ3) is 3.19. The summed E-state index contributed by atoms with van der Waals surface area (Å²) in [7, 11) is 0. The van der Waals surface area contributed by atoms with Gasteiger partial charge in [-0.1, -0.05) is 0 Å². The number of hydrogen-bond donors (Lipinski definition) is 3. The maximum atomic E-state index is 9.65. The maximum Gasteiger partial charge on any atom is 0.143 e. The molecule has 6 heteroatoms. The first-order chi connectivity index (χ1) is 12.2. The first-order valence-electron chi connectivity index (χ1n) is 8.52. The Morgan fingerprint density at radius 3 is 2.88 bits per heavy atom. The Labute approximate surface area is 145 Å². The van der Waals surface area contributed by atoms with Crippen molar-refractivity contribution in [3.63, 3.8) is 0 Å². The quantitative estimate of drug-likeness (QED) is 0.684. The smallest absolute Gasteiger partial charge is 0.143 e. The van der Waals surface area contributed by atoms with Crippen LogP contribution in [0.4, 0.5) is 5.82 Å². The largest absolute Gasteiger partial charge is 0.393 e. The number of aliphatic hydroxyl groups is 1. The van der Waals surface area contributed by atoms with Gasteiger partial charge in [-0.3, -0.25) is 0 Å². The van der Waals surface area contributed by atoms with E-state index in [-0.39, 0.29) is 12.1 Å². The van der Waals surface area contributed by atoms with E-state index in [0.717, 1.165) is 47.8 Å². The Hall–Kier alpha value is -2.91. The van der Waals surface area contributed by atoms with Gasteiger partial charge in [0.25, 0.3) is 0 Å². The lowest BCUT2D eigenvalue weighted by Crippen LogP contribution is -2.28. The van der Waals surface area contributed by atoms with E-state index >= 15 is 0 Å². The van der Waals surface area contributed by atoms with Gasteiger partial charge in [-0.2, -0.15) is 5.26 Å². The van der Waals surface area contributed by atoms with Crippen LogP contribution in [-0.4, -0.2) is 32.2 Å². The zero-order valence-corrected chi connectivity index (χ0v) is 13.7. The van der Waals surface area contributed by atoms with Gasteiger partial charge >= 0.3 is 0 Å². The molecule has 0 atom stereocenters. The summed E-state index contributed by atoms with van der Waals surface area (Å²) in [6.07, 6.45) is 6.89. The van der Waals surface area contributed by atoms with Crippen molar-refractivity contribution >= 4 is 16.9 Å². The molecular weight excluding hydrogens is 314 g/mol. The predicted molar refractivity (Wildman–Crippen MR) is 95.9 cm³/mol. The molecule has 25 heavy (non-hydrogen) atoms. The summed E-state index contributed by atoms with van der Waals surface area (Å²) in [5.74, 6) is 0.702. The first-order valence-corrected chi connectivity index (χ1v) is 8.52. The van der Waals surface area contributed by atoms with Crippen LogP contribution >= 0.6 is 0 Å². The molecule has 0 aliphatic heterocycles. The van der Waals surface area contributed by atoms with Gasteiger partial charge in [-0.25, -0.2) is 9.97 Å². The Morgan fingerprint density at radius 1 is 1.24 bits per heavy atom. The molecule has 1 fully saturated rings. The second kappa shape index (κ2) is 6.54. The third-order valence-corrected chi connectivity index (χ3v) is 4.75. The lowest BCUT2D eigenvalue weighted by atomic mass is 9.93. The fourth-order valence-corrected chi connectivity index (χ4v) is 3.44. The van der Waals surface area contributed by atoms with Crippen molar-refractivity contribution in [1.29, 1.82) is 5.26 Å². The number of aliphatic hydroxyl groups excluding tert-OH is 1. The Kier molecular flexibility index (Phi) is 4.08. The molecule has 6 nitrogen and oxygen atoms in total. The van der Waals surface area contributed by atoms with Crippen molar-refractivity contribution < 1.29 is 5.11 Å². The molecule has 1 aliphatic rings. The number of H-pyrrole nitrogens is 1. The summed E-state index contributed by atoms with van der Waals surface area (Å²) in [4.78, 5) is 11.9. The molecule has 126 valence electrons.